The van der Waals surface area contributed by atoms with Crippen molar-refractivity contribution < 1.29 is 60.6 Å². The number of phosphoric acid groups is 3. The van der Waals surface area contributed by atoms with Gasteiger partial charge in [0, 0.05) is 18.3 Å². The molecule has 4 unspecified atom stereocenters. The van der Waals surface area contributed by atoms with Gasteiger partial charge in [0.2, 0.25) is 0 Å². The fraction of sp³-hybridized carbons (Fsp3) is 0.355. The third kappa shape index (κ3) is 9.42. The van der Waals surface area contributed by atoms with Gasteiger partial charge < -0.3 is 46.9 Å². The smallest absolute Gasteiger partial charge is 0.268 e. The summed E-state index contributed by atoms with van der Waals surface area (Å²) in [6.07, 6.45) is 2.08. The van der Waals surface area contributed by atoms with Gasteiger partial charge >= 0.3 is 0 Å². The Balaban J connectivity index is 1.13. The quantitative estimate of drug-likeness (QED) is 0.0497. The fourth-order valence-electron chi connectivity index (χ4n) is 5.51. The van der Waals surface area contributed by atoms with E-state index in [-0.39, 0.29) is 19.8 Å². The van der Waals surface area contributed by atoms with Crippen molar-refractivity contribution in [1.29, 1.82) is 0 Å². The molecule has 0 aliphatic rings. The number of benzene rings is 5. The normalized spacial score (nSPS) is 16.8. The SMILES string of the molecule is CSCCOP(=O)([O-])OCCOP(=O)([O-])OCCOP(=O)([O-])OCC(CO)Cc1ccc2c3cccc4cccc(c5cccc1c52)c43. The van der Waals surface area contributed by atoms with Crippen LogP contribution in [0.5, 0.6) is 0 Å². The maximum atomic E-state index is 12.4. The summed E-state index contributed by atoms with van der Waals surface area (Å²) in [6.45, 7) is -3.60. The number of rotatable bonds is 20. The van der Waals surface area contributed by atoms with Crippen LogP contribution in [0.15, 0.2) is 66.7 Å². The molecule has 0 bridgehead atoms. The lowest BCUT2D eigenvalue weighted by atomic mass is 9.87. The van der Waals surface area contributed by atoms with Gasteiger partial charge in [0.05, 0.1) is 39.6 Å². The Hall–Kier alpha value is -1.96. The standard InChI is InChI=1S/C31H37O13P3S/c1-48-18-17-43-46(35,36)41-14-13-39-45(33,34)40-15-16-42-47(37,38)44-21-22(20-32)19-24-11-12-29-27-9-3-6-23-5-2-8-26(30(23)27)28-10-4-7-25(24)31(28)29/h2-12,22,32H,13-21H2,1H3,(H,33,34)(H,35,36)(H,37,38)/p-3. The Morgan fingerprint density at radius 3 is 1.62 bits per heavy atom. The molecule has 1 N–H and O–H groups in total. The van der Waals surface area contributed by atoms with E-state index >= 15 is 0 Å². The summed E-state index contributed by atoms with van der Waals surface area (Å²) in [7, 11) is -14.4. The van der Waals surface area contributed by atoms with Crippen LogP contribution in [0.1, 0.15) is 5.56 Å². The molecule has 5 rings (SSSR count). The molecule has 48 heavy (non-hydrogen) atoms. The summed E-state index contributed by atoms with van der Waals surface area (Å²) in [4.78, 5) is 35.8. The van der Waals surface area contributed by atoms with Crippen LogP contribution in [0.2, 0.25) is 0 Å². The summed E-state index contributed by atoms with van der Waals surface area (Å²) in [5.41, 5.74) is 0.914. The average molecular weight is 740 g/mol. The molecule has 0 heterocycles. The van der Waals surface area contributed by atoms with E-state index in [9.17, 15) is 33.5 Å². The van der Waals surface area contributed by atoms with E-state index in [4.69, 9.17) is 9.05 Å². The van der Waals surface area contributed by atoms with Gasteiger partial charge in [-0.25, -0.2) is 0 Å². The number of aliphatic hydroxyl groups is 1. The molecule has 5 aromatic carbocycles. The van der Waals surface area contributed by atoms with E-state index in [0.717, 1.165) is 43.3 Å². The van der Waals surface area contributed by atoms with Crippen molar-refractivity contribution in [2.45, 2.75) is 6.42 Å². The fourth-order valence-corrected chi connectivity index (χ4v) is 8.01. The van der Waals surface area contributed by atoms with Crippen molar-refractivity contribution in [2.75, 3.05) is 58.3 Å². The van der Waals surface area contributed by atoms with Crippen LogP contribution in [0.4, 0.5) is 0 Å². The highest BCUT2D eigenvalue weighted by Gasteiger charge is 2.20. The second kappa shape index (κ2) is 16.4. The Bertz CT molecular complexity index is 1940. The second-order valence-corrected chi connectivity index (χ2v) is 16.0. The Morgan fingerprint density at radius 2 is 1.08 bits per heavy atom. The molecule has 0 saturated heterocycles. The third-order valence-corrected chi connectivity index (χ3v) is 11.1. The van der Waals surface area contributed by atoms with Crippen LogP contribution in [0, 0.1) is 5.92 Å². The molecular weight excluding hydrogens is 705 g/mol. The molecule has 17 heteroatoms. The number of thioether (sulfide) groups is 1. The maximum Gasteiger partial charge on any atom is 0.268 e. The average Bonchev–Trinajstić information content (AvgIpc) is 3.06. The minimum absolute atomic E-state index is 0.0982. The minimum atomic E-state index is -4.92. The molecule has 0 aliphatic carbocycles. The highest BCUT2D eigenvalue weighted by molar-refractivity contribution is 7.98. The molecule has 4 atom stereocenters. The van der Waals surface area contributed by atoms with Crippen LogP contribution >= 0.6 is 35.2 Å². The van der Waals surface area contributed by atoms with Crippen molar-refractivity contribution in [2.24, 2.45) is 5.92 Å². The maximum absolute atomic E-state index is 12.4. The molecule has 0 aliphatic heterocycles. The highest BCUT2D eigenvalue weighted by atomic mass is 32.2. The summed E-state index contributed by atoms with van der Waals surface area (Å²) >= 11 is 1.37. The molecule has 13 nitrogen and oxygen atoms in total. The Labute approximate surface area is 281 Å². The molecule has 5 aromatic rings. The van der Waals surface area contributed by atoms with Crippen LogP contribution in [0.25, 0.3) is 43.1 Å². The van der Waals surface area contributed by atoms with E-state index in [0.29, 0.717) is 12.2 Å². The van der Waals surface area contributed by atoms with Gasteiger partial charge in [0.25, 0.3) is 23.5 Å². The van der Waals surface area contributed by atoms with E-state index in [1.165, 1.54) is 17.1 Å². The molecule has 260 valence electrons. The molecule has 0 spiro atoms. The van der Waals surface area contributed by atoms with Crippen molar-refractivity contribution in [3.63, 3.8) is 0 Å². The first-order valence-corrected chi connectivity index (χ1v) is 20.7. The Morgan fingerprint density at radius 1 is 0.625 bits per heavy atom. The molecule has 0 radical (unpaired) electrons. The second-order valence-electron chi connectivity index (χ2n) is 10.8. The highest BCUT2D eigenvalue weighted by Crippen LogP contribution is 2.44. The first-order chi connectivity index (χ1) is 22.9. The third-order valence-electron chi connectivity index (χ3n) is 7.55. The summed E-state index contributed by atoms with van der Waals surface area (Å²) < 4.78 is 63.6. The van der Waals surface area contributed by atoms with E-state index in [1.54, 1.807) is 6.26 Å². The van der Waals surface area contributed by atoms with E-state index < -0.39 is 55.8 Å². The first-order valence-electron chi connectivity index (χ1n) is 14.9. The van der Waals surface area contributed by atoms with Crippen LogP contribution < -0.4 is 14.7 Å². The van der Waals surface area contributed by atoms with Crippen molar-refractivity contribution in [3.8, 4) is 0 Å². The van der Waals surface area contributed by atoms with Gasteiger partial charge in [-0.15, -0.1) is 0 Å². The molecule has 0 saturated carbocycles. The monoisotopic (exact) mass is 739 g/mol. The predicted molar refractivity (Wildman–Crippen MR) is 179 cm³/mol. The van der Waals surface area contributed by atoms with Gasteiger partial charge in [0.15, 0.2) is 0 Å². The van der Waals surface area contributed by atoms with E-state index in [2.05, 4.69) is 54.5 Å². The molecular formula is C31H34O13P3S-3. The molecule has 0 fully saturated rings. The lowest BCUT2D eigenvalue weighted by Gasteiger charge is -2.27. The molecule has 0 amide bonds. The summed E-state index contributed by atoms with van der Waals surface area (Å²) in [6, 6.07) is 22.6. The van der Waals surface area contributed by atoms with Gasteiger partial charge in [-0.2, -0.15) is 11.8 Å². The van der Waals surface area contributed by atoms with Crippen LogP contribution in [0.3, 0.4) is 0 Å². The van der Waals surface area contributed by atoms with Gasteiger partial charge in [-0.3, -0.25) is 13.7 Å². The van der Waals surface area contributed by atoms with Crippen molar-refractivity contribution in [3.05, 3.63) is 72.3 Å². The number of hydrogen-bond donors (Lipinski definition) is 1. The predicted octanol–water partition coefficient (Wildman–Crippen LogP) is 4.76. The zero-order valence-electron chi connectivity index (χ0n) is 25.9. The van der Waals surface area contributed by atoms with Crippen molar-refractivity contribution >= 4 is 78.3 Å². The van der Waals surface area contributed by atoms with E-state index in [1.807, 2.05) is 30.3 Å². The van der Waals surface area contributed by atoms with Gasteiger partial charge in [-0.05, 0) is 61.3 Å². The number of hydrogen-bond acceptors (Lipinski definition) is 14. The summed E-state index contributed by atoms with van der Waals surface area (Å²) in [5, 5.41) is 19.0. The van der Waals surface area contributed by atoms with Gasteiger partial charge in [0.1, 0.15) is 0 Å². The van der Waals surface area contributed by atoms with Gasteiger partial charge in [-0.1, -0.05) is 66.7 Å². The van der Waals surface area contributed by atoms with Crippen LogP contribution in [-0.2, 0) is 47.3 Å². The van der Waals surface area contributed by atoms with Crippen LogP contribution in [-0.4, -0.2) is 63.4 Å². The Kier molecular flexibility index (Phi) is 12.7. The topological polar surface area (TPSA) is 196 Å². The first kappa shape index (κ1) is 37.3. The number of aliphatic hydroxyl groups excluding tert-OH is 1. The lowest BCUT2D eigenvalue weighted by molar-refractivity contribution is -0.235. The molecule has 0 aromatic heterocycles. The minimum Gasteiger partial charge on any atom is -0.756 e. The zero-order chi connectivity index (χ0) is 34.4. The zero-order valence-corrected chi connectivity index (χ0v) is 29.4. The lowest BCUT2D eigenvalue weighted by Crippen LogP contribution is -2.20. The van der Waals surface area contributed by atoms with Crippen molar-refractivity contribution in [1.82, 2.24) is 0 Å². The summed E-state index contributed by atoms with van der Waals surface area (Å²) in [5.74, 6) is -0.178. The number of phosphoric ester groups is 3. The largest absolute Gasteiger partial charge is 0.756 e. The number of fused-ring (bicyclic) bond motifs is 2.